The lowest BCUT2D eigenvalue weighted by Gasteiger charge is -2.44. The Morgan fingerprint density at radius 2 is 2.11 bits per heavy atom. The first-order valence-electron chi connectivity index (χ1n) is 10.2. The molecule has 2 aromatic rings. The van der Waals surface area contributed by atoms with Crippen LogP contribution in [0.1, 0.15) is 51.4 Å². The van der Waals surface area contributed by atoms with E-state index in [0.717, 1.165) is 68.8 Å². The summed E-state index contributed by atoms with van der Waals surface area (Å²) in [6.45, 7) is 3.49. The van der Waals surface area contributed by atoms with Crippen LogP contribution in [0.25, 0.3) is 0 Å². The number of nitrogens with zero attached hydrogens (tertiary/aromatic N) is 1. The molecule has 1 saturated carbocycles. The van der Waals surface area contributed by atoms with E-state index in [1.165, 1.54) is 10.4 Å². The molecule has 1 spiro atoms. The van der Waals surface area contributed by atoms with Gasteiger partial charge in [0.1, 0.15) is 5.75 Å². The number of ether oxygens (including phenoxy) is 1. The van der Waals surface area contributed by atoms with Crippen molar-refractivity contribution in [2.75, 3.05) is 19.7 Å². The average Bonchev–Trinajstić information content (AvgIpc) is 3.38. The molecule has 6 heteroatoms. The Bertz CT molecular complexity index is 882. The van der Waals surface area contributed by atoms with E-state index in [0.29, 0.717) is 11.8 Å². The third-order valence-electron chi connectivity index (χ3n) is 6.12. The summed E-state index contributed by atoms with van der Waals surface area (Å²) in [5.74, 6) is 0.403. The maximum Gasteiger partial charge on any atom is 0.261 e. The van der Waals surface area contributed by atoms with Gasteiger partial charge in [-0.15, -0.1) is 11.3 Å². The minimum Gasteiger partial charge on any atom is -0.508 e. The number of carbonyl (C=O) groups is 1. The molecule has 1 aromatic carbocycles. The predicted molar refractivity (Wildman–Crippen MR) is 109 cm³/mol. The van der Waals surface area contributed by atoms with E-state index in [1.807, 2.05) is 12.1 Å². The van der Waals surface area contributed by atoms with Crippen LogP contribution in [-0.4, -0.2) is 41.7 Å². The van der Waals surface area contributed by atoms with Crippen molar-refractivity contribution in [2.45, 2.75) is 50.3 Å². The molecular weight excluding hydrogens is 372 g/mol. The number of phenols is 1. The normalized spacial score (nSPS) is 21.4. The van der Waals surface area contributed by atoms with Crippen molar-refractivity contribution < 1.29 is 14.6 Å². The van der Waals surface area contributed by atoms with Crippen molar-refractivity contribution in [3.63, 3.8) is 0 Å². The fourth-order valence-corrected chi connectivity index (χ4v) is 5.55. The maximum absolute atomic E-state index is 12.5. The van der Waals surface area contributed by atoms with Crippen LogP contribution in [0.5, 0.6) is 5.75 Å². The number of nitrogens with one attached hydrogen (secondary N) is 1. The second kappa shape index (κ2) is 7.17. The zero-order chi connectivity index (χ0) is 19.1. The molecule has 1 aromatic heterocycles. The molecule has 28 heavy (non-hydrogen) atoms. The second-order valence-corrected chi connectivity index (χ2v) is 9.37. The highest BCUT2D eigenvalue weighted by molar-refractivity contribution is 7.14. The lowest BCUT2D eigenvalue weighted by atomic mass is 9.82. The predicted octanol–water partition coefficient (Wildman–Crippen LogP) is 3.41. The number of amides is 1. The highest BCUT2D eigenvalue weighted by Gasteiger charge is 2.42. The number of carbonyl (C=O) groups excluding carboxylic acids is 1. The minimum absolute atomic E-state index is 0.0818. The first kappa shape index (κ1) is 18.2. The van der Waals surface area contributed by atoms with E-state index in [9.17, 15) is 9.90 Å². The quantitative estimate of drug-likeness (QED) is 0.829. The summed E-state index contributed by atoms with van der Waals surface area (Å²) >= 11 is 1.65. The SMILES string of the molecule is O=C(NC1CC1)c1cc2c(s1)CCOC21CCN(Cc2cccc(O)c2)CC1. The van der Waals surface area contributed by atoms with E-state index in [2.05, 4.69) is 22.3 Å². The van der Waals surface area contributed by atoms with Crippen molar-refractivity contribution >= 4 is 17.2 Å². The van der Waals surface area contributed by atoms with Gasteiger partial charge in [0.2, 0.25) is 0 Å². The highest BCUT2D eigenvalue weighted by atomic mass is 32.1. The number of rotatable bonds is 4. The number of benzene rings is 1. The topological polar surface area (TPSA) is 61.8 Å². The number of thiophene rings is 1. The van der Waals surface area contributed by atoms with E-state index in [4.69, 9.17) is 4.74 Å². The van der Waals surface area contributed by atoms with Crippen molar-refractivity contribution in [1.29, 1.82) is 0 Å². The Kier molecular flexibility index (Phi) is 4.65. The van der Waals surface area contributed by atoms with Gasteiger partial charge in [0.15, 0.2) is 0 Å². The minimum atomic E-state index is -0.239. The van der Waals surface area contributed by atoms with Gasteiger partial charge in [0, 0.05) is 37.0 Å². The largest absolute Gasteiger partial charge is 0.508 e. The number of piperidine rings is 1. The Labute approximate surface area is 169 Å². The Morgan fingerprint density at radius 3 is 2.86 bits per heavy atom. The number of fused-ring (bicyclic) bond motifs is 2. The molecule has 3 heterocycles. The number of hydrogen-bond donors (Lipinski definition) is 2. The number of phenolic OH excluding ortho intramolecular Hbond substituents is 1. The lowest BCUT2D eigenvalue weighted by Crippen LogP contribution is -2.45. The molecule has 3 aliphatic rings. The summed E-state index contributed by atoms with van der Waals surface area (Å²) in [7, 11) is 0. The molecule has 0 radical (unpaired) electrons. The standard InChI is InChI=1S/C22H26N2O3S/c25-17-3-1-2-15(12-17)14-24-9-7-22(8-10-24)18-13-20(21(26)23-16-4-5-16)28-19(18)6-11-27-22/h1-3,12-13,16,25H,4-11,14H2,(H,23,26). The Hall–Kier alpha value is -1.89. The lowest BCUT2D eigenvalue weighted by molar-refractivity contribution is -0.0980. The third-order valence-corrected chi connectivity index (χ3v) is 7.32. The van der Waals surface area contributed by atoms with Crippen LogP contribution in [0.3, 0.4) is 0 Å². The zero-order valence-corrected chi connectivity index (χ0v) is 16.8. The van der Waals surface area contributed by atoms with Crippen LogP contribution >= 0.6 is 11.3 Å². The summed E-state index contributed by atoms with van der Waals surface area (Å²) in [5.41, 5.74) is 2.15. The van der Waals surface area contributed by atoms with Gasteiger partial charge in [-0.25, -0.2) is 0 Å². The van der Waals surface area contributed by atoms with E-state index in [-0.39, 0.29) is 11.5 Å². The number of likely N-dealkylation sites (tertiary alicyclic amines) is 1. The van der Waals surface area contributed by atoms with Gasteiger partial charge in [-0.2, -0.15) is 0 Å². The molecule has 0 unspecified atom stereocenters. The van der Waals surface area contributed by atoms with Gasteiger partial charge < -0.3 is 15.2 Å². The Morgan fingerprint density at radius 1 is 1.29 bits per heavy atom. The van der Waals surface area contributed by atoms with Crippen LogP contribution in [0, 0.1) is 0 Å². The smallest absolute Gasteiger partial charge is 0.261 e. The highest BCUT2D eigenvalue weighted by Crippen LogP contribution is 2.45. The van der Waals surface area contributed by atoms with E-state index >= 15 is 0 Å². The molecule has 2 aliphatic heterocycles. The number of aromatic hydroxyl groups is 1. The van der Waals surface area contributed by atoms with Gasteiger partial charge in [-0.1, -0.05) is 12.1 Å². The van der Waals surface area contributed by atoms with E-state index in [1.54, 1.807) is 17.4 Å². The van der Waals surface area contributed by atoms with Crippen molar-refractivity contribution in [2.24, 2.45) is 0 Å². The second-order valence-electron chi connectivity index (χ2n) is 8.23. The van der Waals surface area contributed by atoms with Crippen LogP contribution in [0.2, 0.25) is 0 Å². The molecule has 0 bridgehead atoms. The summed E-state index contributed by atoms with van der Waals surface area (Å²) in [6.07, 6.45) is 5.02. The first-order valence-corrected chi connectivity index (χ1v) is 11.0. The summed E-state index contributed by atoms with van der Waals surface area (Å²) in [4.78, 5) is 17.1. The summed E-state index contributed by atoms with van der Waals surface area (Å²) < 4.78 is 6.35. The molecule has 5 rings (SSSR count). The molecule has 1 amide bonds. The Balaban J connectivity index is 1.29. The molecular formula is C22H26N2O3S. The van der Waals surface area contributed by atoms with Gasteiger partial charge in [-0.05, 0) is 55.0 Å². The van der Waals surface area contributed by atoms with Gasteiger partial charge in [-0.3, -0.25) is 9.69 Å². The molecule has 148 valence electrons. The van der Waals surface area contributed by atoms with Crippen LogP contribution < -0.4 is 5.32 Å². The monoisotopic (exact) mass is 398 g/mol. The van der Waals surface area contributed by atoms with Crippen LogP contribution in [0.4, 0.5) is 0 Å². The fraction of sp³-hybridized carbons (Fsp3) is 0.500. The number of hydrogen-bond acceptors (Lipinski definition) is 5. The van der Waals surface area contributed by atoms with Crippen LogP contribution in [0.15, 0.2) is 30.3 Å². The molecule has 2 fully saturated rings. The first-order chi connectivity index (χ1) is 13.6. The van der Waals surface area contributed by atoms with Crippen molar-refractivity contribution in [3.8, 4) is 5.75 Å². The molecule has 0 atom stereocenters. The molecule has 1 aliphatic carbocycles. The maximum atomic E-state index is 12.5. The molecule has 2 N–H and O–H groups in total. The summed E-state index contributed by atoms with van der Waals surface area (Å²) in [5, 5.41) is 12.8. The zero-order valence-electron chi connectivity index (χ0n) is 15.9. The van der Waals surface area contributed by atoms with Gasteiger partial charge in [0.25, 0.3) is 5.91 Å². The van der Waals surface area contributed by atoms with Crippen molar-refractivity contribution in [3.05, 3.63) is 51.2 Å². The van der Waals surface area contributed by atoms with Crippen LogP contribution in [-0.2, 0) is 23.3 Å². The summed E-state index contributed by atoms with van der Waals surface area (Å²) in [6, 6.07) is 9.98. The molecule has 5 nitrogen and oxygen atoms in total. The van der Waals surface area contributed by atoms with Gasteiger partial charge in [0.05, 0.1) is 17.1 Å². The van der Waals surface area contributed by atoms with Gasteiger partial charge >= 0.3 is 0 Å². The average molecular weight is 399 g/mol. The molecule has 1 saturated heterocycles. The third kappa shape index (κ3) is 3.56. The van der Waals surface area contributed by atoms with E-state index < -0.39 is 0 Å². The fourth-order valence-electron chi connectivity index (χ4n) is 4.41. The van der Waals surface area contributed by atoms with Crippen molar-refractivity contribution in [1.82, 2.24) is 10.2 Å².